The number of carbonyl (C=O) groups excluding carboxylic acids is 1. The van der Waals surface area contributed by atoms with E-state index in [2.05, 4.69) is 19.1 Å². The molecule has 0 N–H and O–H groups in total. The first-order valence-electron chi connectivity index (χ1n) is 6.24. The van der Waals surface area contributed by atoms with Gasteiger partial charge in [0.1, 0.15) is 0 Å². The number of carbonyl (C=O) groups is 1. The van der Waals surface area contributed by atoms with Crippen molar-refractivity contribution in [3.05, 3.63) is 23.8 Å². The molecule has 15 heavy (non-hydrogen) atoms. The van der Waals surface area contributed by atoms with Crippen molar-refractivity contribution in [3.8, 4) is 0 Å². The average Bonchev–Trinajstić information content (AvgIpc) is 2.88. The van der Waals surface area contributed by atoms with Gasteiger partial charge in [-0.15, -0.1) is 0 Å². The first-order chi connectivity index (χ1) is 7.31. The van der Waals surface area contributed by atoms with Gasteiger partial charge in [0.05, 0.1) is 0 Å². The summed E-state index contributed by atoms with van der Waals surface area (Å²) in [6.07, 6.45) is 11.5. The summed E-state index contributed by atoms with van der Waals surface area (Å²) in [5, 5.41) is 0. The second kappa shape index (κ2) is 3.33. The molecule has 0 aromatic heterocycles. The van der Waals surface area contributed by atoms with Gasteiger partial charge in [-0.2, -0.15) is 0 Å². The molecule has 1 nitrogen and oxygen atoms in total. The van der Waals surface area contributed by atoms with Gasteiger partial charge in [-0.05, 0) is 43.1 Å². The number of fused-ring (bicyclic) bond motifs is 5. The summed E-state index contributed by atoms with van der Waals surface area (Å²) in [6.45, 7) is 2.22. The van der Waals surface area contributed by atoms with Crippen LogP contribution in [0.5, 0.6) is 0 Å². The average molecular weight is 202 g/mol. The highest BCUT2D eigenvalue weighted by molar-refractivity contribution is 5.96. The number of ketones is 1. The minimum atomic E-state index is 0.340. The van der Waals surface area contributed by atoms with Gasteiger partial charge in [-0.1, -0.05) is 31.1 Å². The van der Waals surface area contributed by atoms with Crippen LogP contribution in [0.15, 0.2) is 23.8 Å². The molecule has 0 amide bonds. The number of hydrogen-bond acceptors (Lipinski definition) is 1. The Kier molecular flexibility index (Phi) is 2.08. The minimum absolute atomic E-state index is 0.340. The van der Waals surface area contributed by atoms with Gasteiger partial charge in [0.15, 0.2) is 5.78 Å². The Morgan fingerprint density at radius 1 is 1.27 bits per heavy atom. The van der Waals surface area contributed by atoms with Gasteiger partial charge < -0.3 is 0 Å². The second-order valence-corrected chi connectivity index (χ2v) is 5.23. The van der Waals surface area contributed by atoms with E-state index in [1.165, 1.54) is 24.8 Å². The second-order valence-electron chi connectivity index (χ2n) is 5.23. The van der Waals surface area contributed by atoms with Crippen LogP contribution in [-0.2, 0) is 4.79 Å². The van der Waals surface area contributed by atoms with Crippen LogP contribution in [0.4, 0.5) is 0 Å². The summed E-state index contributed by atoms with van der Waals surface area (Å²) in [7, 11) is 0. The molecule has 0 heterocycles. The lowest BCUT2D eigenvalue weighted by atomic mass is 9.81. The lowest BCUT2D eigenvalue weighted by Crippen LogP contribution is -2.21. The molecule has 0 aromatic rings. The van der Waals surface area contributed by atoms with Crippen LogP contribution < -0.4 is 0 Å². The highest BCUT2D eigenvalue weighted by Crippen LogP contribution is 2.54. The molecule has 3 aliphatic rings. The quantitative estimate of drug-likeness (QED) is 0.643. The summed E-state index contributed by atoms with van der Waals surface area (Å²) >= 11 is 0. The Labute approximate surface area is 91.2 Å². The van der Waals surface area contributed by atoms with E-state index in [0.29, 0.717) is 29.5 Å². The highest BCUT2D eigenvalue weighted by atomic mass is 16.1. The lowest BCUT2D eigenvalue weighted by Gasteiger charge is -2.22. The van der Waals surface area contributed by atoms with Gasteiger partial charge in [0.25, 0.3) is 0 Å². The Morgan fingerprint density at radius 2 is 2.00 bits per heavy atom. The lowest BCUT2D eigenvalue weighted by molar-refractivity contribution is -0.118. The molecule has 0 radical (unpaired) electrons. The molecule has 1 heteroatoms. The molecule has 1 saturated carbocycles. The topological polar surface area (TPSA) is 17.1 Å². The smallest absolute Gasteiger partial charge is 0.159 e. The van der Waals surface area contributed by atoms with E-state index >= 15 is 0 Å². The Morgan fingerprint density at radius 3 is 2.73 bits per heavy atom. The van der Waals surface area contributed by atoms with E-state index in [-0.39, 0.29) is 0 Å². The Balaban J connectivity index is 1.83. The predicted octanol–water partition coefficient (Wildman–Crippen LogP) is 3.12. The van der Waals surface area contributed by atoms with Crippen LogP contribution in [0.3, 0.4) is 0 Å². The molecule has 4 atom stereocenters. The minimum Gasteiger partial charge on any atom is -0.295 e. The van der Waals surface area contributed by atoms with Crippen molar-refractivity contribution in [1.29, 1.82) is 0 Å². The fraction of sp³-hybridized carbons (Fsp3) is 0.643. The fourth-order valence-corrected chi connectivity index (χ4v) is 3.71. The highest BCUT2D eigenvalue weighted by Gasteiger charge is 2.51. The third-order valence-corrected chi connectivity index (χ3v) is 4.36. The Bertz CT molecular complexity index is 350. The van der Waals surface area contributed by atoms with E-state index in [0.717, 1.165) is 6.42 Å². The number of allylic oxidation sites excluding steroid dienone is 4. The molecule has 0 saturated heterocycles. The standard InChI is InChI=1S/C14H18O/c1-2-3-4-9-8-12(15)14-11-6-5-10(7-11)13(9)14/h5-6,8,10-11,13-14H,2-4,7H2,1H3/t10-,11+,13?,14?/m1/s1. The van der Waals surface area contributed by atoms with E-state index in [1.54, 1.807) is 0 Å². The summed E-state index contributed by atoms with van der Waals surface area (Å²) in [5.74, 6) is 2.62. The number of hydrogen-bond donors (Lipinski definition) is 0. The van der Waals surface area contributed by atoms with Crippen LogP contribution in [0.2, 0.25) is 0 Å². The molecule has 3 aliphatic carbocycles. The zero-order chi connectivity index (χ0) is 10.4. The van der Waals surface area contributed by atoms with Gasteiger partial charge >= 0.3 is 0 Å². The molecular weight excluding hydrogens is 184 g/mol. The van der Waals surface area contributed by atoms with Gasteiger partial charge in [0.2, 0.25) is 0 Å². The van der Waals surface area contributed by atoms with E-state index in [9.17, 15) is 4.79 Å². The normalized spacial score (nSPS) is 41.1. The van der Waals surface area contributed by atoms with Crippen LogP contribution in [0.25, 0.3) is 0 Å². The third-order valence-electron chi connectivity index (χ3n) is 4.36. The van der Waals surface area contributed by atoms with Gasteiger partial charge in [0, 0.05) is 5.92 Å². The summed E-state index contributed by atoms with van der Waals surface area (Å²) in [4.78, 5) is 11.9. The molecule has 0 aromatic carbocycles. The van der Waals surface area contributed by atoms with Crippen molar-refractivity contribution in [3.63, 3.8) is 0 Å². The van der Waals surface area contributed by atoms with Crippen LogP contribution in [-0.4, -0.2) is 5.78 Å². The zero-order valence-corrected chi connectivity index (χ0v) is 9.28. The Hall–Kier alpha value is -0.850. The molecule has 3 rings (SSSR count). The third kappa shape index (κ3) is 1.25. The summed E-state index contributed by atoms with van der Waals surface area (Å²) in [6, 6.07) is 0. The molecule has 0 aliphatic heterocycles. The van der Waals surface area contributed by atoms with Crippen LogP contribution >= 0.6 is 0 Å². The first kappa shape index (κ1) is 9.38. The van der Waals surface area contributed by atoms with E-state index in [1.807, 2.05) is 6.08 Å². The van der Waals surface area contributed by atoms with Crippen LogP contribution in [0, 0.1) is 23.7 Å². The van der Waals surface area contributed by atoms with E-state index < -0.39 is 0 Å². The zero-order valence-electron chi connectivity index (χ0n) is 9.28. The number of rotatable bonds is 3. The molecular formula is C14H18O. The SMILES string of the molecule is CCCCC1=CC(=O)C2C1[C@@H]1C=C[C@H]2C1. The molecule has 2 unspecified atom stereocenters. The van der Waals surface area contributed by atoms with E-state index in [4.69, 9.17) is 0 Å². The summed E-state index contributed by atoms with van der Waals surface area (Å²) in [5.41, 5.74) is 1.46. The van der Waals surface area contributed by atoms with Crippen molar-refractivity contribution >= 4 is 5.78 Å². The maximum absolute atomic E-state index is 11.9. The van der Waals surface area contributed by atoms with Gasteiger partial charge in [-0.3, -0.25) is 4.79 Å². The summed E-state index contributed by atoms with van der Waals surface area (Å²) < 4.78 is 0. The molecule has 0 spiro atoms. The molecule has 80 valence electrons. The van der Waals surface area contributed by atoms with Gasteiger partial charge in [-0.25, -0.2) is 0 Å². The molecule has 2 bridgehead atoms. The van der Waals surface area contributed by atoms with Crippen LogP contribution in [0.1, 0.15) is 32.6 Å². The van der Waals surface area contributed by atoms with Crippen molar-refractivity contribution in [2.45, 2.75) is 32.6 Å². The molecule has 1 fully saturated rings. The van der Waals surface area contributed by atoms with Crippen molar-refractivity contribution in [2.75, 3.05) is 0 Å². The predicted molar refractivity (Wildman–Crippen MR) is 60.3 cm³/mol. The largest absolute Gasteiger partial charge is 0.295 e. The van der Waals surface area contributed by atoms with Crippen molar-refractivity contribution in [2.24, 2.45) is 23.7 Å². The van der Waals surface area contributed by atoms with Crippen molar-refractivity contribution < 1.29 is 4.79 Å². The maximum atomic E-state index is 11.9. The first-order valence-corrected chi connectivity index (χ1v) is 6.24. The fourth-order valence-electron chi connectivity index (χ4n) is 3.71. The maximum Gasteiger partial charge on any atom is 0.159 e. The number of unbranched alkanes of at least 4 members (excludes halogenated alkanes) is 1. The van der Waals surface area contributed by atoms with Crippen molar-refractivity contribution in [1.82, 2.24) is 0 Å². The monoisotopic (exact) mass is 202 g/mol.